The Balaban J connectivity index is 2.28. The number of anilines is 1. The van der Waals surface area contributed by atoms with Crippen molar-refractivity contribution in [2.75, 3.05) is 11.9 Å². The Labute approximate surface area is 101 Å². The molecule has 0 spiro atoms. The second-order valence-corrected chi connectivity index (χ2v) is 4.56. The van der Waals surface area contributed by atoms with Crippen LogP contribution in [0.5, 0.6) is 0 Å². The van der Waals surface area contributed by atoms with Crippen molar-refractivity contribution in [2.45, 2.75) is 31.8 Å². The molecule has 2 rings (SSSR count). The summed E-state index contributed by atoms with van der Waals surface area (Å²) in [5, 5.41) is 8.99. The van der Waals surface area contributed by atoms with Crippen molar-refractivity contribution < 1.29 is 9.90 Å². The Kier molecular flexibility index (Phi) is 3.07. The summed E-state index contributed by atoms with van der Waals surface area (Å²) in [7, 11) is 1.91. The standard InChI is InChI=1S/C13H18N2O2/c1-3-8-4-5-10-9(6-8)7-11(15(10)2)12(14)13(16)17/h4-6,11-12H,3,7,14H2,1-2H3,(H,16,17). The first-order chi connectivity index (χ1) is 8.04. The highest BCUT2D eigenvalue weighted by molar-refractivity contribution is 5.76. The zero-order valence-corrected chi connectivity index (χ0v) is 10.2. The van der Waals surface area contributed by atoms with Gasteiger partial charge in [0.2, 0.25) is 0 Å². The van der Waals surface area contributed by atoms with Crippen LogP contribution in [0.1, 0.15) is 18.1 Å². The number of fused-ring (bicyclic) bond motifs is 1. The molecule has 1 aliphatic rings. The number of carbonyl (C=O) groups is 1. The molecule has 3 N–H and O–H groups in total. The van der Waals surface area contributed by atoms with Gasteiger partial charge in [0.25, 0.3) is 0 Å². The minimum Gasteiger partial charge on any atom is -0.480 e. The van der Waals surface area contributed by atoms with E-state index in [0.717, 1.165) is 12.1 Å². The largest absolute Gasteiger partial charge is 0.480 e. The second kappa shape index (κ2) is 4.37. The van der Waals surface area contributed by atoms with E-state index in [2.05, 4.69) is 25.1 Å². The number of nitrogens with two attached hydrogens (primary N) is 1. The molecular formula is C13H18N2O2. The van der Waals surface area contributed by atoms with E-state index < -0.39 is 12.0 Å². The molecule has 4 heteroatoms. The molecule has 0 radical (unpaired) electrons. The lowest BCUT2D eigenvalue weighted by molar-refractivity contribution is -0.138. The van der Waals surface area contributed by atoms with Gasteiger partial charge in [-0.2, -0.15) is 0 Å². The molecule has 0 fully saturated rings. The lowest BCUT2D eigenvalue weighted by atomic mass is 10.0. The third kappa shape index (κ3) is 2.00. The van der Waals surface area contributed by atoms with Gasteiger partial charge in [-0.1, -0.05) is 19.1 Å². The maximum atomic E-state index is 11.0. The first-order valence-electron chi connectivity index (χ1n) is 5.87. The van der Waals surface area contributed by atoms with Crippen molar-refractivity contribution in [2.24, 2.45) is 5.73 Å². The van der Waals surface area contributed by atoms with Crippen LogP contribution in [0.2, 0.25) is 0 Å². The molecular weight excluding hydrogens is 216 g/mol. The lowest BCUT2D eigenvalue weighted by Gasteiger charge is -2.25. The summed E-state index contributed by atoms with van der Waals surface area (Å²) in [4.78, 5) is 12.9. The average Bonchev–Trinajstić information content (AvgIpc) is 2.65. The Hall–Kier alpha value is -1.55. The minimum atomic E-state index is -0.939. The van der Waals surface area contributed by atoms with Crippen LogP contribution < -0.4 is 10.6 Å². The van der Waals surface area contributed by atoms with Gasteiger partial charge < -0.3 is 15.7 Å². The fourth-order valence-electron chi connectivity index (χ4n) is 2.44. The predicted octanol–water partition coefficient (Wildman–Crippen LogP) is 1.02. The molecule has 0 saturated heterocycles. The molecule has 1 aliphatic heterocycles. The highest BCUT2D eigenvalue weighted by Gasteiger charge is 2.34. The van der Waals surface area contributed by atoms with E-state index in [1.165, 1.54) is 11.1 Å². The summed E-state index contributed by atoms with van der Waals surface area (Å²) in [6.45, 7) is 2.11. The second-order valence-electron chi connectivity index (χ2n) is 4.56. The van der Waals surface area contributed by atoms with Gasteiger partial charge in [-0.05, 0) is 30.0 Å². The number of hydrogen-bond donors (Lipinski definition) is 2. The number of hydrogen-bond acceptors (Lipinski definition) is 3. The normalized spacial score (nSPS) is 20.2. The third-order valence-corrected chi connectivity index (χ3v) is 3.56. The predicted molar refractivity (Wildman–Crippen MR) is 67.3 cm³/mol. The Bertz CT molecular complexity index is 445. The Morgan fingerprint density at radius 3 is 2.94 bits per heavy atom. The first kappa shape index (κ1) is 11.9. The third-order valence-electron chi connectivity index (χ3n) is 3.56. The number of aliphatic carboxylic acids is 1. The van der Waals surface area contributed by atoms with Crippen molar-refractivity contribution in [1.29, 1.82) is 0 Å². The molecule has 92 valence electrons. The average molecular weight is 234 g/mol. The molecule has 2 atom stereocenters. The van der Waals surface area contributed by atoms with Crippen LogP contribution in [0.4, 0.5) is 5.69 Å². The van der Waals surface area contributed by atoms with Crippen LogP contribution in [0.25, 0.3) is 0 Å². The molecule has 0 saturated carbocycles. The SMILES string of the molecule is CCc1ccc2c(c1)CC(C(N)C(=O)O)N2C. The van der Waals surface area contributed by atoms with Gasteiger partial charge in [0, 0.05) is 12.7 Å². The summed E-state index contributed by atoms with van der Waals surface area (Å²) >= 11 is 0. The number of carboxylic acid groups (broad SMARTS) is 1. The van der Waals surface area contributed by atoms with Gasteiger partial charge in [0.15, 0.2) is 0 Å². The molecule has 0 bridgehead atoms. The lowest BCUT2D eigenvalue weighted by Crippen LogP contribution is -2.49. The van der Waals surface area contributed by atoms with Gasteiger partial charge in [-0.3, -0.25) is 4.79 Å². The maximum absolute atomic E-state index is 11.0. The van der Waals surface area contributed by atoms with E-state index in [-0.39, 0.29) is 6.04 Å². The molecule has 1 aromatic rings. The zero-order valence-electron chi connectivity index (χ0n) is 10.2. The number of nitrogens with zero attached hydrogens (tertiary/aromatic N) is 1. The number of likely N-dealkylation sites (N-methyl/N-ethyl adjacent to an activating group) is 1. The Morgan fingerprint density at radius 2 is 2.35 bits per heavy atom. The van der Waals surface area contributed by atoms with Crippen LogP contribution in [0, 0.1) is 0 Å². The van der Waals surface area contributed by atoms with E-state index in [0.29, 0.717) is 6.42 Å². The number of carboxylic acids is 1. The smallest absolute Gasteiger partial charge is 0.322 e. The zero-order chi connectivity index (χ0) is 12.6. The van der Waals surface area contributed by atoms with E-state index in [4.69, 9.17) is 10.8 Å². The van der Waals surface area contributed by atoms with Gasteiger partial charge in [-0.25, -0.2) is 0 Å². The number of benzene rings is 1. The minimum absolute atomic E-state index is 0.144. The quantitative estimate of drug-likeness (QED) is 0.819. The van der Waals surface area contributed by atoms with Gasteiger partial charge in [-0.15, -0.1) is 0 Å². The summed E-state index contributed by atoms with van der Waals surface area (Å²) in [5.74, 6) is -0.939. The Morgan fingerprint density at radius 1 is 1.65 bits per heavy atom. The molecule has 2 unspecified atom stereocenters. The van der Waals surface area contributed by atoms with Crippen LogP contribution in [-0.4, -0.2) is 30.2 Å². The van der Waals surface area contributed by atoms with Gasteiger partial charge in [0.1, 0.15) is 6.04 Å². The first-order valence-corrected chi connectivity index (χ1v) is 5.87. The number of aryl methyl sites for hydroxylation is 1. The molecule has 0 aromatic heterocycles. The molecule has 0 amide bonds. The highest BCUT2D eigenvalue weighted by atomic mass is 16.4. The highest BCUT2D eigenvalue weighted by Crippen LogP contribution is 2.32. The molecule has 1 aromatic carbocycles. The van der Waals surface area contributed by atoms with Crippen molar-refractivity contribution >= 4 is 11.7 Å². The van der Waals surface area contributed by atoms with E-state index >= 15 is 0 Å². The van der Waals surface area contributed by atoms with Crippen LogP contribution in [0.3, 0.4) is 0 Å². The maximum Gasteiger partial charge on any atom is 0.322 e. The number of rotatable bonds is 3. The topological polar surface area (TPSA) is 66.6 Å². The summed E-state index contributed by atoms with van der Waals surface area (Å²) in [6, 6.07) is 5.32. The monoisotopic (exact) mass is 234 g/mol. The summed E-state index contributed by atoms with van der Waals surface area (Å²) < 4.78 is 0. The fraction of sp³-hybridized carbons (Fsp3) is 0.462. The molecule has 1 heterocycles. The van der Waals surface area contributed by atoms with E-state index in [1.807, 2.05) is 11.9 Å². The van der Waals surface area contributed by atoms with E-state index in [9.17, 15) is 4.79 Å². The molecule has 17 heavy (non-hydrogen) atoms. The summed E-state index contributed by atoms with van der Waals surface area (Å²) in [6.07, 6.45) is 1.71. The van der Waals surface area contributed by atoms with Gasteiger partial charge in [0.05, 0.1) is 6.04 Å². The van der Waals surface area contributed by atoms with Crippen molar-refractivity contribution in [1.82, 2.24) is 0 Å². The van der Waals surface area contributed by atoms with Crippen LogP contribution in [-0.2, 0) is 17.6 Å². The van der Waals surface area contributed by atoms with Gasteiger partial charge >= 0.3 is 5.97 Å². The van der Waals surface area contributed by atoms with Crippen LogP contribution in [0.15, 0.2) is 18.2 Å². The van der Waals surface area contributed by atoms with E-state index in [1.54, 1.807) is 0 Å². The van der Waals surface area contributed by atoms with Crippen LogP contribution >= 0.6 is 0 Å². The van der Waals surface area contributed by atoms with Crippen molar-refractivity contribution in [3.63, 3.8) is 0 Å². The fourth-order valence-corrected chi connectivity index (χ4v) is 2.44. The van der Waals surface area contributed by atoms with Crippen molar-refractivity contribution in [3.8, 4) is 0 Å². The summed E-state index contributed by atoms with van der Waals surface area (Å²) in [5.41, 5.74) is 9.30. The van der Waals surface area contributed by atoms with Crippen molar-refractivity contribution in [3.05, 3.63) is 29.3 Å². The molecule has 0 aliphatic carbocycles. The molecule has 4 nitrogen and oxygen atoms in total.